The fraction of sp³-hybridized carbons (Fsp3) is 0.0769. The lowest BCUT2D eigenvalue weighted by atomic mass is 10.3. The van der Waals surface area contributed by atoms with Crippen LogP contribution in [0.3, 0.4) is 0 Å². The minimum Gasteiger partial charge on any atom is -0.379 e. The molecule has 1 aromatic carbocycles. The van der Waals surface area contributed by atoms with Gasteiger partial charge in [0.25, 0.3) is 0 Å². The SMILES string of the molecule is c1cnc(CNc2ccc(-n3nccn3)cc2)cn1. The van der Waals surface area contributed by atoms with E-state index in [0.29, 0.717) is 6.54 Å². The molecule has 2 heterocycles. The highest BCUT2D eigenvalue weighted by Crippen LogP contribution is 2.12. The monoisotopic (exact) mass is 252 g/mol. The summed E-state index contributed by atoms with van der Waals surface area (Å²) in [5.41, 5.74) is 2.84. The Balaban J connectivity index is 1.67. The number of rotatable bonds is 4. The van der Waals surface area contributed by atoms with Crippen molar-refractivity contribution in [1.29, 1.82) is 0 Å². The molecule has 0 radical (unpaired) electrons. The molecule has 0 spiro atoms. The first-order valence-corrected chi connectivity index (χ1v) is 5.87. The minimum absolute atomic E-state index is 0.646. The van der Waals surface area contributed by atoms with Gasteiger partial charge >= 0.3 is 0 Å². The fourth-order valence-corrected chi connectivity index (χ4v) is 1.68. The van der Waals surface area contributed by atoms with Gasteiger partial charge in [0.2, 0.25) is 0 Å². The van der Waals surface area contributed by atoms with Crippen LogP contribution in [0.4, 0.5) is 5.69 Å². The van der Waals surface area contributed by atoms with Crippen LogP contribution < -0.4 is 5.32 Å². The summed E-state index contributed by atoms with van der Waals surface area (Å²) in [6, 6.07) is 7.88. The van der Waals surface area contributed by atoms with E-state index in [0.717, 1.165) is 17.1 Å². The molecule has 3 aromatic rings. The quantitative estimate of drug-likeness (QED) is 0.765. The van der Waals surface area contributed by atoms with E-state index < -0.39 is 0 Å². The lowest BCUT2D eigenvalue weighted by molar-refractivity contribution is 0.752. The number of nitrogens with one attached hydrogen (secondary N) is 1. The Kier molecular flexibility index (Phi) is 3.14. The summed E-state index contributed by atoms with van der Waals surface area (Å²) >= 11 is 0. The predicted octanol–water partition coefficient (Wildman–Crippen LogP) is 1.67. The Morgan fingerprint density at radius 1 is 0.947 bits per heavy atom. The van der Waals surface area contributed by atoms with Gasteiger partial charge in [0, 0.05) is 18.1 Å². The number of nitrogens with zero attached hydrogens (tertiary/aromatic N) is 5. The third-order valence-electron chi connectivity index (χ3n) is 2.61. The molecule has 0 saturated heterocycles. The first kappa shape index (κ1) is 11.3. The first-order chi connectivity index (χ1) is 9.42. The molecule has 0 bridgehead atoms. The molecule has 0 fully saturated rings. The van der Waals surface area contributed by atoms with Crippen LogP contribution >= 0.6 is 0 Å². The first-order valence-electron chi connectivity index (χ1n) is 5.87. The largest absolute Gasteiger partial charge is 0.379 e. The lowest BCUT2D eigenvalue weighted by Gasteiger charge is -2.06. The molecule has 19 heavy (non-hydrogen) atoms. The second-order valence-corrected chi connectivity index (χ2v) is 3.92. The Labute approximate surface area is 110 Å². The fourth-order valence-electron chi connectivity index (χ4n) is 1.68. The average molecular weight is 252 g/mol. The van der Waals surface area contributed by atoms with Gasteiger partial charge in [-0.05, 0) is 24.3 Å². The summed E-state index contributed by atoms with van der Waals surface area (Å²) in [5.74, 6) is 0. The van der Waals surface area contributed by atoms with E-state index >= 15 is 0 Å². The van der Waals surface area contributed by atoms with Gasteiger partial charge in [-0.1, -0.05) is 0 Å². The zero-order valence-electron chi connectivity index (χ0n) is 10.1. The number of aromatic nitrogens is 5. The number of anilines is 1. The second kappa shape index (κ2) is 5.26. The van der Waals surface area contributed by atoms with Crippen LogP contribution in [-0.2, 0) is 6.54 Å². The van der Waals surface area contributed by atoms with Crippen LogP contribution in [0, 0.1) is 0 Å². The van der Waals surface area contributed by atoms with Crippen LogP contribution in [-0.4, -0.2) is 25.0 Å². The van der Waals surface area contributed by atoms with E-state index in [4.69, 9.17) is 0 Å². The molecule has 94 valence electrons. The zero-order chi connectivity index (χ0) is 12.9. The molecule has 0 aliphatic heterocycles. The Morgan fingerprint density at radius 2 is 1.74 bits per heavy atom. The van der Waals surface area contributed by atoms with Crippen molar-refractivity contribution in [3.8, 4) is 5.69 Å². The molecular formula is C13H12N6. The molecule has 0 saturated carbocycles. The van der Waals surface area contributed by atoms with Gasteiger partial charge in [-0.3, -0.25) is 9.97 Å². The molecule has 0 atom stereocenters. The van der Waals surface area contributed by atoms with Crippen molar-refractivity contribution in [2.75, 3.05) is 5.32 Å². The van der Waals surface area contributed by atoms with E-state index in [2.05, 4.69) is 25.5 Å². The number of benzene rings is 1. The topological polar surface area (TPSA) is 68.5 Å². The normalized spacial score (nSPS) is 10.3. The zero-order valence-corrected chi connectivity index (χ0v) is 10.1. The highest BCUT2D eigenvalue weighted by molar-refractivity contribution is 5.48. The van der Waals surface area contributed by atoms with E-state index in [1.165, 1.54) is 0 Å². The third kappa shape index (κ3) is 2.74. The van der Waals surface area contributed by atoms with E-state index in [1.54, 1.807) is 35.8 Å². The summed E-state index contributed by atoms with van der Waals surface area (Å²) in [6.07, 6.45) is 8.40. The van der Waals surface area contributed by atoms with Gasteiger partial charge in [-0.25, -0.2) is 0 Å². The molecule has 0 amide bonds. The molecule has 0 aliphatic carbocycles. The predicted molar refractivity (Wildman–Crippen MR) is 70.7 cm³/mol. The van der Waals surface area contributed by atoms with Gasteiger partial charge in [0.1, 0.15) is 0 Å². The maximum Gasteiger partial charge on any atom is 0.0858 e. The maximum absolute atomic E-state index is 4.20. The summed E-state index contributed by atoms with van der Waals surface area (Å²) < 4.78 is 0. The van der Waals surface area contributed by atoms with E-state index in [1.807, 2.05) is 24.3 Å². The Hall–Kier alpha value is -2.76. The van der Waals surface area contributed by atoms with Gasteiger partial charge in [0.15, 0.2) is 0 Å². The molecule has 6 nitrogen and oxygen atoms in total. The molecule has 0 unspecified atom stereocenters. The summed E-state index contributed by atoms with van der Waals surface area (Å²) in [4.78, 5) is 9.80. The van der Waals surface area contributed by atoms with E-state index in [-0.39, 0.29) is 0 Å². The summed E-state index contributed by atoms with van der Waals surface area (Å²) in [7, 11) is 0. The van der Waals surface area contributed by atoms with Crippen LogP contribution in [0.5, 0.6) is 0 Å². The van der Waals surface area contributed by atoms with Crippen molar-refractivity contribution in [3.63, 3.8) is 0 Å². The van der Waals surface area contributed by atoms with Crippen molar-refractivity contribution in [1.82, 2.24) is 25.0 Å². The van der Waals surface area contributed by atoms with Gasteiger partial charge in [-0.2, -0.15) is 15.0 Å². The van der Waals surface area contributed by atoms with Crippen molar-refractivity contribution < 1.29 is 0 Å². The second-order valence-electron chi connectivity index (χ2n) is 3.92. The molecule has 1 N–H and O–H groups in total. The van der Waals surface area contributed by atoms with Crippen molar-refractivity contribution in [2.45, 2.75) is 6.54 Å². The summed E-state index contributed by atoms with van der Waals surface area (Å²) in [6.45, 7) is 0.646. The molecule has 0 aliphatic rings. The third-order valence-corrected chi connectivity index (χ3v) is 2.61. The molecule has 2 aromatic heterocycles. The molecular weight excluding hydrogens is 240 g/mol. The highest BCUT2D eigenvalue weighted by Gasteiger charge is 1.98. The van der Waals surface area contributed by atoms with E-state index in [9.17, 15) is 0 Å². The van der Waals surface area contributed by atoms with Crippen molar-refractivity contribution in [3.05, 3.63) is 60.9 Å². The highest BCUT2D eigenvalue weighted by atomic mass is 15.5. The van der Waals surface area contributed by atoms with Crippen LogP contribution in [0.1, 0.15) is 5.69 Å². The molecule has 6 heteroatoms. The van der Waals surface area contributed by atoms with Gasteiger partial charge in [-0.15, -0.1) is 0 Å². The van der Waals surface area contributed by atoms with Gasteiger partial charge < -0.3 is 5.32 Å². The minimum atomic E-state index is 0.646. The average Bonchev–Trinajstić information content (AvgIpc) is 3.01. The summed E-state index contributed by atoms with van der Waals surface area (Å²) in [5, 5.41) is 11.4. The molecule has 3 rings (SSSR count). The number of hydrogen-bond donors (Lipinski definition) is 1. The number of hydrogen-bond acceptors (Lipinski definition) is 5. The Bertz CT molecular complexity index is 618. The van der Waals surface area contributed by atoms with Crippen molar-refractivity contribution >= 4 is 5.69 Å². The smallest absolute Gasteiger partial charge is 0.0858 e. The standard InChI is InChI=1S/C13H12N6/c1-3-13(19-17-7-8-18-19)4-2-11(1)16-10-12-9-14-5-6-15-12/h1-9,16H,10H2. The van der Waals surface area contributed by atoms with Crippen LogP contribution in [0.15, 0.2) is 55.2 Å². The van der Waals surface area contributed by atoms with Crippen LogP contribution in [0.25, 0.3) is 5.69 Å². The maximum atomic E-state index is 4.20. The van der Waals surface area contributed by atoms with Crippen LogP contribution in [0.2, 0.25) is 0 Å². The Morgan fingerprint density at radius 3 is 2.42 bits per heavy atom. The lowest BCUT2D eigenvalue weighted by Crippen LogP contribution is -2.02. The van der Waals surface area contributed by atoms with Gasteiger partial charge in [0.05, 0.1) is 36.5 Å². The van der Waals surface area contributed by atoms with Crippen molar-refractivity contribution in [2.24, 2.45) is 0 Å².